The molecule has 2 heterocycles. The number of carbonyl (C=O) groups is 1. The summed E-state index contributed by atoms with van der Waals surface area (Å²) < 4.78 is 0. The number of para-hydroxylation sites is 1. The fraction of sp³-hybridized carbons (Fsp3) is 0.261. The fourth-order valence-corrected chi connectivity index (χ4v) is 3.62. The molecule has 1 aliphatic rings. The largest absolute Gasteiger partial charge is 0.353 e. The second kappa shape index (κ2) is 8.71. The number of piperazine rings is 1. The van der Waals surface area contributed by atoms with Crippen molar-refractivity contribution in [1.82, 2.24) is 14.9 Å². The lowest BCUT2D eigenvalue weighted by Crippen LogP contribution is -2.50. The summed E-state index contributed by atoms with van der Waals surface area (Å²) in [7, 11) is 0. The summed E-state index contributed by atoms with van der Waals surface area (Å²) in [4.78, 5) is 26.1. The van der Waals surface area contributed by atoms with Gasteiger partial charge in [-0.1, -0.05) is 29.8 Å². The Morgan fingerprint density at radius 3 is 2.27 bits per heavy atom. The average molecular weight is 422 g/mol. The first kappa shape index (κ1) is 20.2. The highest BCUT2D eigenvalue weighted by atomic mass is 35.5. The quantitative estimate of drug-likeness (QED) is 0.661. The van der Waals surface area contributed by atoms with Crippen molar-refractivity contribution in [1.29, 1.82) is 0 Å². The summed E-state index contributed by atoms with van der Waals surface area (Å²) in [6, 6.07) is 17.0. The summed E-state index contributed by atoms with van der Waals surface area (Å²) in [6.45, 7) is 6.77. The molecule has 1 fully saturated rings. The van der Waals surface area contributed by atoms with Gasteiger partial charge in [-0.15, -0.1) is 0 Å². The number of amides is 2. The number of halogens is 1. The molecule has 1 aliphatic heterocycles. The van der Waals surface area contributed by atoms with Crippen LogP contribution < -0.4 is 10.2 Å². The molecule has 0 aliphatic carbocycles. The van der Waals surface area contributed by atoms with E-state index in [1.165, 1.54) is 0 Å². The smallest absolute Gasteiger partial charge is 0.321 e. The maximum absolute atomic E-state index is 12.6. The van der Waals surface area contributed by atoms with Crippen molar-refractivity contribution in [2.75, 3.05) is 36.4 Å². The van der Waals surface area contributed by atoms with Crippen LogP contribution in [0.2, 0.25) is 5.02 Å². The van der Waals surface area contributed by atoms with Crippen molar-refractivity contribution in [3.8, 4) is 11.4 Å². The second-order valence-corrected chi connectivity index (χ2v) is 7.79. The van der Waals surface area contributed by atoms with Gasteiger partial charge in [-0.05, 0) is 50.2 Å². The third-order valence-corrected chi connectivity index (χ3v) is 5.61. The summed E-state index contributed by atoms with van der Waals surface area (Å²) in [5, 5.41) is 3.64. The van der Waals surface area contributed by atoms with Gasteiger partial charge in [0, 0.05) is 53.7 Å². The number of nitrogens with one attached hydrogen (secondary N) is 1. The number of aryl methyl sites for hydroxylation is 1. The van der Waals surface area contributed by atoms with Crippen LogP contribution in [0.25, 0.3) is 11.4 Å². The second-order valence-electron chi connectivity index (χ2n) is 7.36. The zero-order valence-corrected chi connectivity index (χ0v) is 17.9. The van der Waals surface area contributed by atoms with Crippen LogP contribution in [0.1, 0.15) is 11.3 Å². The average Bonchev–Trinajstić information content (AvgIpc) is 2.77. The predicted molar refractivity (Wildman–Crippen MR) is 121 cm³/mol. The van der Waals surface area contributed by atoms with Crippen LogP contribution in [0.15, 0.2) is 54.6 Å². The summed E-state index contributed by atoms with van der Waals surface area (Å²) in [6.07, 6.45) is 0. The first-order chi connectivity index (χ1) is 14.5. The Morgan fingerprint density at radius 2 is 1.60 bits per heavy atom. The lowest BCUT2D eigenvalue weighted by molar-refractivity contribution is 0.208. The molecule has 7 heteroatoms. The number of hydrogen-bond donors (Lipinski definition) is 1. The van der Waals surface area contributed by atoms with Gasteiger partial charge in [0.1, 0.15) is 5.82 Å². The van der Waals surface area contributed by atoms with Gasteiger partial charge in [-0.3, -0.25) is 0 Å². The normalized spacial score (nSPS) is 14.0. The number of rotatable bonds is 3. The molecule has 2 amide bonds. The van der Waals surface area contributed by atoms with Crippen LogP contribution in [0.4, 0.5) is 16.3 Å². The third kappa shape index (κ3) is 4.39. The molecule has 0 bridgehead atoms. The standard InChI is InChI=1S/C23H24ClN5O/c1-16-17(2)25-21(18-8-10-19(24)11-9-18)27-22(16)28-12-14-29(15-13-28)23(30)26-20-6-4-3-5-7-20/h3-11H,12-15H2,1-2H3,(H,26,30). The molecule has 0 radical (unpaired) electrons. The molecule has 6 nitrogen and oxygen atoms in total. The minimum absolute atomic E-state index is 0.0710. The van der Waals surface area contributed by atoms with Crippen LogP contribution in [0.5, 0.6) is 0 Å². The maximum atomic E-state index is 12.6. The number of carbonyl (C=O) groups excluding carboxylic acids is 1. The molecular weight excluding hydrogens is 398 g/mol. The van der Waals surface area contributed by atoms with Crippen molar-refractivity contribution in [2.45, 2.75) is 13.8 Å². The first-order valence-electron chi connectivity index (χ1n) is 9.98. The molecule has 0 saturated carbocycles. The van der Waals surface area contributed by atoms with Crippen LogP contribution in [0, 0.1) is 13.8 Å². The van der Waals surface area contributed by atoms with Gasteiger partial charge in [0.15, 0.2) is 5.82 Å². The Hall–Kier alpha value is -3.12. The molecule has 0 spiro atoms. The van der Waals surface area contributed by atoms with Gasteiger partial charge < -0.3 is 15.1 Å². The SMILES string of the molecule is Cc1nc(-c2ccc(Cl)cc2)nc(N2CCN(C(=O)Nc3ccccc3)CC2)c1C. The van der Waals surface area contributed by atoms with Gasteiger partial charge in [0.25, 0.3) is 0 Å². The van der Waals surface area contributed by atoms with Crippen LogP contribution in [-0.2, 0) is 0 Å². The molecule has 1 aromatic heterocycles. The topological polar surface area (TPSA) is 61.4 Å². The summed E-state index contributed by atoms with van der Waals surface area (Å²) >= 11 is 6.01. The minimum Gasteiger partial charge on any atom is -0.353 e. The predicted octanol–water partition coefficient (Wildman–Crippen LogP) is 4.77. The van der Waals surface area contributed by atoms with E-state index < -0.39 is 0 Å². The number of anilines is 2. The monoisotopic (exact) mass is 421 g/mol. The van der Waals surface area contributed by atoms with E-state index in [0.717, 1.165) is 41.4 Å². The maximum Gasteiger partial charge on any atom is 0.321 e. The van der Waals surface area contributed by atoms with E-state index in [4.69, 9.17) is 16.6 Å². The van der Waals surface area contributed by atoms with E-state index in [9.17, 15) is 4.79 Å². The van der Waals surface area contributed by atoms with E-state index in [1.807, 2.05) is 73.3 Å². The molecule has 0 unspecified atom stereocenters. The Labute approximate surface area is 181 Å². The van der Waals surface area contributed by atoms with Gasteiger partial charge in [0.2, 0.25) is 0 Å². The zero-order valence-electron chi connectivity index (χ0n) is 17.1. The molecule has 2 aromatic carbocycles. The molecule has 0 atom stereocenters. The van der Waals surface area contributed by atoms with Crippen molar-refractivity contribution < 1.29 is 4.79 Å². The fourth-order valence-electron chi connectivity index (χ4n) is 3.49. The number of hydrogen-bond acceptors (Lipinski definition) is 4. The molecule has 30 heavy (non-hydrogen) atoms. The number of urea groups is 1. The zero-order chi connectivity index (χ0) is 21.1. The number of aromatic nitrogens is 2. The molecule has 4 rings (SSSR count). The molecule has 154 valence electrons. The lowest BCUT2D eigenvalue weighted by Gasteiger charge is -2.36. The third-order valence-electron chi connectivity index (χ3n) is 5.36. The van der Waals surface area contributed by atoms with Gasteiger partial charge in [-0.2, -0.15) is 0 Å². The molecule has 1 saturated heterocycles. The highest BCUT2D eigenvalue weighted by Gasteiger charge is 2.24. The van der Waals surface area contributed by atoms with E-state index >= 15 is 0 Å². The molecular formula is C23H24ClN5O. The Balaban J connectivity index is 1.47. The van der Waals surface area contributed by atoms with Crippen molar-refractivity contribution >= 4 is 29.1 Å². The Morgan fingerprint density at radius 1 is 0.933 bits per heavy atom. The van der Waals surface area contributed by atoms with Gasteiger partial charge >= 0.3 is 6.03 Å². The lowest BCUT2D eigenvalue weighted by atomic mass is 10.1. The van der Waals surface area contributed by atoms with E-state index in [1.54, 1.807) is 0 Å². The number of nitrogens with zero attached hydrogens (tertiary/aromatic N) is 4. The number of benzene rings is 2. The highest BCUT2D eigenvalue weighted by Crippen LogP contribution is 2.26. The Kier molecular flexibility index (Phi) is 5.86. The van der Waals surface area contributed by atoms with Crippen LogP contribution in [-0.4, -0.2) is 47.1 Å². The van der Waals surface area contributed by atoms with E-state index in [2.05, 4.69) is 15.2 Å². The van der Waals surface area contributed by atoms with Crippen LogP contribution >= 0.6 is 11.6 Å². The molecule has 3 aromatic rings. The summed E-state index contributed by atoms with van der Waals surface area (Å²) in [5.41, 5.74) is 3.76. The van der Waals surface area contributed by atoms with Crippen LogP contribution in [0.3, 0.4) is 0 Å². The van der Waals surface area contributed by atoms with Crippen molar-refractivity contribution in [2.24, 2.45) is 0 Å². The first-order valence-corrected chi connectivity index (χ1v) is 10.4. The van der Waals surface area contributed by atoms with Gasteiger partial charge in [-0.25, -0.2) is 14.8 Å². The van der Waals surface area contributed by atoms with E-state index in [-0.39, 0.29) is 6.03 Å². The van der Waals surface area contributed by atoms with Crippen molar-refractivity contribution in [3.63, 3.8) is 0 Å². The summed E-state index contributed by atoms with van der Waals surface area (Å²) in [5.74, 6) is 1.62. The van der Waals surface area contributed by atoms with Gasteiger partial charge in [0.05, 0.1) is 0 Å². The van der Waals surface area contributed by atoms with Crippen molar-refractivity contribution in [3.05, 3.63) is 70.9 Å². The minimum atomic E-state index is -0.0710. The molecule has 1 N–H and O–H groups in total. The Bertz CT molecular complexity index is 1030. The highest BCUT2D eigenvalue weighted by molar-refractivity contribution is 6.30. The van der Waals surface area contributed by atoms with E-state index in [0.29, 0.717) is 23.9 Å².